The average Bonchev–Trinajstić information content (AvgIpc) is 3.38. The van der Waals surface area contributed by atoms with Gasteiger partial charge in [-0.2, -0.15) is 0 Å². The molecule has 1 aliphatic heterocycles. The molecular weight excluding hydrogens is 444 g/mol. The lowest BCUT2D eigenvalue weighted by atomic mass is 9.88. The highest BCUT2D eigenvalue weighted by molar-refractivity contribution is 5.97. The number of hydrogen-bond donors (Lipinski definition) is 1. The van der Waals surface area contributed by atoms with Crippen LogP contribution in [0, 0.1) is 0 Å². The molecule has 36 heavy (non-hydrogen) atoms. The zero-order valence-corrected chi connectivity index (χ0v) is 20.4. The Labute approximate surface area is 213 Å². The van der Waals surface area contributed by atoms with Crippen molar-refractivity contribution in [2.75, 3.05) is 19.6 Å². The van der Waals surface area contributed by atoms with Gasteiger partial charge in [-0.05, 0) is 54.8 Å². The van der Waals surface area contributed by atoms with Crippen LogP contribution in [-0.2, 0) is 0 Å². The first-order chi connectivity index (χ1) is 17.8. The number of nitrogens with one attached hydrogen (secondary N) is 1. The van der Waals surface area contributed by atoms with E-state index in [-0.39, 0.29) is 11.9 Å². The maximum atomic E-state index is 13.1. The minimum absolute atomic E-state index is 0.0835. The van der Waals surface area contributed by atoms with Crippen LogP contribution < -0.4 is 10.1 Å². The summed E-state index contributed by atoms with van der Waals surface area (Å²) in [5.74, 6) is 1.57. The first kappa shape index (κ1) is 23.8. The van der Waals surface area contributed by atoms with Crippen LogP contribution in [0.5, 0.6) is 11.5 Å². The number of likely N-dealkylation sites (tertiary alicyclic amines) is 1. The smallest absolute Gasteiger partial charge is 0.255 e. The Morgan fingerprint density at radius 1 is 0.806 bits per heavy atom. The third-order valence-electron chi connectivity index (χ3n) is 6.85. The minimum Gasteiger partial charge on any atom is -0.457 e. The molecule has 4 aromatic carbocycles. The molecule has 1 atom stereocenters. The number of rotatable bonds is 9. The first-order valence-electron chi connectivity index (χ1n) is 12.7. The molecule has 1 unspecified atom stereocenters. The number of ether oxygens (including phenoxy) is 1. The van der Waals surface area contributed by atoms with Crippen LogP contribution in [0.2, 0.25) is 0 Å². The Balaban J connectivity index is 1.19. The number of carbonyl (C=O) groups excluding carboxylic acids is 1. The summed E-state index contributed by atoms with van der Waals surface area (Å²) in [4.78, 5) is 15.6. The molecule has 0 spiro atoms. The van der Waals surface area contributed by atoms with Crippen LogP contribution >= 0.6 is 0 Å². The molecule has 0 aliphatic carbocycles. The molecule has 4 nitrogen and oxygen atoms in total. The lowest BCUT2D eigenvalue weighted by Gasteiger charge is -2.22. The molecule has 4 aromatic rings. The van der Waals surface area contributed by atoms with Crippen molar-refractivity contribution in [1.29, 1.82) is 0 Å². The molecule has 0 bridgehead atoms. The first-order valence-corrected chi connectivity index (χ1v) is 12.7. The van der Waals surface area contributed by atoms with Crippen molar-refractivity contribution in [2.45, 2.75) is 24.8 Å². The van der Waals surface area contributed by atoms with E-state index in [0.29, 0.717) is 17.2 Å². The molecule has 0 aromatic heterocycles. The van der Waals surface area contributed by atoms with Crippen LogP contribution in [0.4, 0.5) is 0 Å². The minimum atomic E-state index is -0.0835. The lowest BCUT2D eigenvalue weighted by Crippen LogP contribution is -2.37. The monoisotopic (exact) mass is 476 g/mol. The van der Waals surface area contributed by atoms with Crippen LogP contribution in [0.25, 0.3) is 0 Å². The lowest BCUT2D eigenvalue weighted by molar-refractivity contribution is 0.0935. The predicted molar refractivity (Wildman–Crippen MR) is 145 cm³/mol. The summed E-state index contributed by atoms with van der Waals surface area (Å²) in [5, 5.41) is 3.24. The zero-order valence-electron chi connectivity index (χ0n) is 20.4. The Kier molecular flexibility index (Phi) is 7.74. The topological polar surface area (TPSA) is 41.6 Å². The van der Waals surface area contributed by atoms with Gasteiger partial charge in [0.25, 0.3) is 5.91 Å². The van der Waals surface area contributed by atoms with Crippen molar-refractivity contribution in [3.63, 3.8) is 0 Å². The highest BCUT2D eigenvalue weighted by Gasteiger charge is 2.26. The highest BCUT2D eigenvalue weighted by atomic mass is 16.5. The van der Waals surface area contributed by atoms with Crippen LogP contribution in [-0.4, -0.2) is 36.5 Å². The van der Waals surface area contributed by atoms with Crippen molar-refractivity contribution in [3.05, 3.63) is 132 Å². The fourth-order valence-corrected chi connectivity index (χ4v) is 4.98. The van der Waals surface area contributed by atoms with E-state index in [1.54, 1.807) is 0 Å². The molecule has 5 rings (SSSR count). The van der Waals surface area contributed by atoms with Gasteiger partial charge < -0.3 is 15.0 Å². The van der Waals surface area contributed by atoms with Gasteiger partial charge in [-0.1, -0.05) is 91.0 Å². The molecule has 182 valence electrons. The Hall–Kier alpha value is -3.89. The van der Waals surface area contributed by atoms with E-state index < -0.39 is 0 Å². The standard InChI is InChI=1S/C32H32N2O2/c35-32(30-18-10-11-19-31(30)36-28-16-8-3-9-17-28)33-27-20-22-34(24-27)23-21-29(25-12-4-1-5-13-25)26-14-6-2-7-15-26/h1-19,27,29H,20-24H2,(H,33,35). The van der Waals surface area contributed by atoms with Crippen molar-refractivity contribution >= 4 is 5.91 Å². The number of benzene rings is 4. The van der Waals surface area contributed by atoms with Gasteiger partial charge in [0.05, 0.1) is 5.56 Å². The third-order valence-corrected chi connectivity index (χ3v) is 6.85. The molecule has 4 heteroatoms. The Bertz CT molecular complexity index is 1210. The van der Waals surface area contributed by atoms with Gasteiger partial charge in [0, 0.05) is 25.0 Å². The molecule has 1 heterocycles. The van der Waals surface area contributed by atoms with E-state index in [0.717, 1.165) is 38.2 Å². The molecule has 1 amide bonds. The van der Waals surface area contributed by atoms with Gasteiger partial charge >= 0.3 is 0 Å². The predicted octanol–water partition coefficient (Wildman–Crippen LogP) is 6.51. The highest BCUT2D eigenvalue weighted by Crippen LogP contribution is 2.29. The maximum absolute atomic E-state index is 13.1. The van der Waals surface area contributed by atoms with Crippen molar-refractivity contribution in [2.24, 2.45) is 0 Å². The van der Waals surface area contributed by atoms with E-state index >= 15 is 0 Å². The number of nitrogens with zero attached hydrogens (tertiary/aromatic N) is 1. The van der Waals surface area contributed by atoms with Gasteiger partial charge in [0.15, 0.2) is 0 Å². The summed E-state index contributed by atoms with van der Waals surface area (Å²) in [6.45, 7) is 2.85. The van der Waals surface area contributed by atoms with Gasteiger partial charge in [-0.25, -0.2) is 0 Å². The van der Waals surface area contributed by atoms with Crippen LogP contribution in [0.1, 0.15) is 40.2 Å². The van der Waals surface area contributed by atoms with Gasteiger partial charge in [-0.15, -0.1) is 0 Å². The van der Waals surface area contributed by atoms with E-state index in [4.69, 9.17) is 4.74 Å². The SMILES string of the molecule is O=C(NC1CCN(CCC(c2ccccc2)c2ccccc2)C1)c1ccccc1Oc1ccccc1. The summed E-state index contributed by atoms with van der Waals surface area (Å²) >= 11 is 0. The number of hydrogen-bond acceptors (Lipinski definition) is 3. The molecule has 0 saturated carbocycles. The van der Waals surface area contributed by atoms with E-state index in [2.05, 4.69) is 70.9 Å². The molecule has 1 N–H and O–H groups in total. The van der Waals surface area contributed by atoms with Gasteiger partial charge in [0.2, 0.25) is 0 Å². The van der Waals surface area contributed by atoms with Gasteiger partial charge in [-0.3, -0.25) is 4.79 Å². The second-order valence-electron chi connectivity index (χ2n) is 9.33. The number of amides is 1. The number of para-hydroxylation sites is 2. The van der Waals surface area contributed by atoms with E-state index in [1.807, 2.05) is 54.6 Å². The van der Waals surface area contributed by atoms with Crippen LogP contribution in [0.3, 0.4) is 0 Å². The quantitative estimate of drug-likeness (QED) is 0.300. The fraction of sp³-hybridized carbons (Fsp3) is 0.219. The second kappa shape index (κ2) is 11.7. The van der Waals surface area contributed by atoms with E-state index in [1.165, 1.54) is 11.1 Å². The summed E-state index contributed by atoms with van der Waals surface area (Å²) in [6, 6.07) is 38.6. The average molecular weight is 477 g/mol. The maximum Gasteiger partial charge on any atom is 0.255 e. The molecule has 1 fully saturated rings. The summed E-state index contributed by atoms with van der Waals surface area (Å²) in [6.07, 6.45) is 2.00. The van der Waals surface area contributed by atoms with Crippen molar-refractivity contribution in [3.8, 4) is 11.5 Å². The fourth-order valence-electron chi connectivity index (χ4n) is 4.98. The number of carbonyl (C=O) groups is 1. The third kappa shape index (κ3) is 6.02. The second-order valence-corrected chi connectivity index (χ2v) is 9.33. The largest absolute Gasteiger partial charge is 0.457 e. The zero-order chi connectivity index (χ0) is 24.6. The summed E-state index contributed by atoms with van der Waals surface area (Å²) in [7, 11) is 0. The molecule has 1 aliphatic rings. The van der Waals surface area contributed by atoms with E-state index in [9.17, 15) is 4.79 Å². The molecule has 1 saturated heterocycles. The molecular formula is C32H32N2O2. The van der Waals surface area contributed by atoms with Crippen molar-refractivity contribution in [1.82, 2.24) is 10.2 Å². The van der Waals surface area contributed by atoms with Crippen LogP contribution in [0.15, 0.2) is 115 Å². The van der Waals surface area contributed by atoms with Gasteiger partial charge in [0.1, 0.15) is 11.5 Å². The summed E-state index contributed by atoms with van der Waals surface area (Å²) < 4.78 is 5.99. The molecule has 0 radical (unpaired) electrons. The normalized spacial score (nSPS) is 15.6. The Morgan fingerprint density at radius 2 is 1.39 bits per heavy atom. The Morgan fingerprint density at radius 3 is 2.06 bits per heavy atom. The summed E-state index contributed by atoms with van der Waals surface area (Å²) in [5.41, 5.74) is 3.26. The van der Waals surface area contributed by atoms with Crippen molar-refractivity contribution < 1.29 is 9.53 Å².